The number of likely N-dealkylation sites (N-methyl/N-ethyl adjacent to an activating group) is 1. The predicted molar refractivity (Wildman–Crippen MR) is 57.6 cm³/mol. The Labute approximate surface area is 94.4 Å². The molecule has 1 rings (SSSR count). The summed E-state index contributed by atoms with van der Waals surface area (Å²) in [6.07, 6.45) is 0.503. The molecule has 6 heteroatoms. The van der Waals surface area contributed by atoms with Gasteiger partial charge in [0, 0.05) is 6.54 Å². The van der Waals surface area contributed by atoms with Crippen molar-refractivity contribution in [3.8, 4) is 0 Å². The Hall–Kier alpha value is -1.59. The van der Waals surface area contributed by atoms with Crippen LogP contribution in [0, 0.1) is 0 Å². The molecule has 0 aromatic heterocycles. The van der Waals surface area contributed by atoms with Gasteiger partial charge in [0.15, 0.2) is 0 Å². The van der Waals surface area contributed by atoms with Crippen molar-refractivity contribution >= 4 is 17.8 Å². The molecular weight excluding hydrogens is 210 g/mol. The van der Waals surface area contributed by atoms with Crippen LogP contribution < -0.4 is 10.6 Å². The number of amides is 4. The van der Waals surface area contributed by atoms with Crippen LogP contribution in [-0.2, 0) is 9.59 Å². The standard InChI is InChI=1S/C10H17N3O3/c1-4-10(3)8(15)13(9(16)12-10)6-7(14)11-5-2/h4-6H2,1-3H3,(H,11,14)(H,12,16)/t10-/m1/s1. The first kappa shape index (κ1) is 12.5. The summed E-state index contributed by atoms with van der Waals surface area (Å²) in [6, 6.07) is -0.499. The number of carbonyl (C=O) groups excluding carboxylic acids is 3. The zero-order chi connectivity index (χ0) is 12.3. The fourth-order valence-electron chi connectivity index (χ4n) is 1.53. The minimum atomic E-state index is -0.871. The van der Waals surface area contributed by atoms with Gasteiger partial charge in [0.05, 0.1) is 0 Å². The number of nitrogens with one attached hydrogen (secondary N) is 2. The van der Waals surface area contributed by atoms with Crippen molar-refractivity contribution in [2.24, 2.45) is 0 Å². The second-order valence-electron chi connectivity index (χ2n) is 3.96. The third-order valence-electron chi connectivity index (χ3n) is 2.73. The van der Waals surface area contributed by atoms with Crippen molar-refractivity contribution in [1.29, 1.82) is 0 Å². The first-order valence-corrected chi connectivity index (χ1v) is 5.35. The highest BCUT2D eigenvalue weighted by Crippen LogP contribution is 2.20. The van der Waals surface area contributed by atoms with Gasteiger partial charge in [-0.25, -0.2) is 4.79 Å². The van der Waals surface area contributed by atoms with E-state index in [1.54, 1.807) is 13.8 Å². The van der Waals surface area contributed by atoms with Gasteiger partial charge in [-0.1, -0.05) is 6.92 Å². The summed E-state index contributed by atoms with van der Waals surface area (Å²) in [5, 5.41) is 5.13. The quantitative estimate of drug-likeness (QED) is 0.655. The molecule has 0 aromatic rings. The van der Waals surface area contributed by atoms with E-state index in [-0.39, 0.29) is 18.4 Å². The van der Waals surface area contributed by atoms with Crippen molar-refractivity contribution in [3.05, 3.63) is 0 Å². The Morgan fingerprint density at radius 2 is 2.06 bits per heavy atom. The average molecular weight is 227 g/mol. The van der Waals surface area contributed by atoms with Crippen LogP contribution in [0.25, 0.3) is 0 Å². The normalized spacial score (nSPS) is 24.6. The molecule has 1 saturated heterocycles. The van der Waals surface area contributed by atoms with Gasteiger partial charge in [0.25, 0.3) is 5.91 Å². The molecule has 0 spiro atoms. The molecule has 0 radical (unpaired) electrons. The molecule has 0 aliphatic carbocycles. The molecule has 16 heavy (non-hydrogen) atoms. The lowest BCUT2D eigenvalue weighted by Gasteiger charge is -2.18. The molecule has 1 heterocycles. The highest BCUT2D eigenvalue weighted by molar-refractivity contribution is 6.08. The topological polar surface area (TPSA) is 78.5 Å². The van der Waals surface area contributed by atoms with Crippen LogP contribution in [0.15, 0.2) is 0 Å². The molecule has 0 aromatic carbocycles. The van der Waals surface area contributed by atoms with Gasteiger partial charge in [-0.05, 0) is 20.3 Å². The van der Waals surface area contributed by atoms with Crippen LogP contribution in [-0.4, -0.2) is 41.4 Å². The number of nitrogens with zero attached hydrogens (tertiary/aromatic N) is 1. The Bertz CT molecular complexity index is 329. The van der Waals surface area contributed by atoms with E-state index in [1.165, 1.54) is 0 Å². The molecule has 1 fully saturated rings. The van der Waals surface area contributed by atoms with E-state index >= 15 is 0 Å². The molecule has 2 N–H and O–H groups in total. The summed E-state index contributed by atoms with van der Waals surface area (Å²) < 4.78 is 0. The zero-order valence-corrected chi connectivity index (χ0v) is 9.79. The lowest BCUT2D eigenvalue weighted by atomic mass is 9.99. The molecule has 0 unspecified atom stereocenters. The van der Waals surface area contributed by atoms with Gasteiger partial charge < -0.3 is 10.6 Å². The third-order valence-corrected chi connectivity index (χ3v) is 2.73. The third kappa shape index (κ3) is 2.15. The molecule has 6 nitrogen and oxygen atoms in total. The molecular formula is C10H17N3O3. The second-order valence-corrected chi connectivity index (χ2v) is 3.96. The van der Waals surface area contributed by atoms with Crippen molar-refractivity contribution < 1.29 is 14.4 Å². The fraction of sp³-hybridized carbons (Fsp3) is 0.700. The van der Waals surface area contributed by atoms with Crippen LogP contribution in [0.2, 0.25) is 0 Å². The summed E-state index contributed by atoms with van der Waals surface area (Å²) in [7, 11) is 0. The number of hydrogen-bond acceptors (Lipinski definition) is 3. The molecule has 0 saturated carbocycles. The van der Waals surface area contributed by atoms with Gasteiger partial charge in [0.2, 0.25) is 5.91 Å². The maximum Gasteiger partial charge on any atom is 0.325 e. The first-order valence-electron chi connectivity index (χ1n) is 5.35. The minimum absolute atomic E-state index is 0.214. The minimum Gasteiger partial charge on any atom is -0.355 e. The van der Waals surface area contributed by atoms with E-state index in [2.05, 4.69) is 10.6 Å². The van der Waals surface area contributed by atoms with Crippen molar-refractivity contribution in [2.45, 2.75) is 32.7 Å². The summed E-state index contributed by atoms with van der Waals surface area (Å²) in [5.41, 5.74) is -0.871. The Kier molecular flexibility index (Phi) is 3.51. The first-order chi connectivity index (χ1) is 7.44. The van der Waals surface area contributed by atoms with Crippen LogP contribution in [0.3, 0.4) is 0 Å². The van der Waals surface area contributed by atoms with Crippen LogP contribution in [0.5, 0.6) is 0 Å². The van der Waals surface area contributed by atoms with Gasteiger partial charge in [-0.3, -0.25) is 14.5 Å². The van der Waals surface area contributed by atoms with Crippen molar-refractivity contribution in [3.63, 3.8) is 0 Å². The number of hydrogen-bond donors (Lipinski definition) is 2. The summed E-state index contributed by atoms with van der Waals surface area (Å²) in [5.74, 6) is -0.669. The highest BCUT2D eigenvalue weighted by atomic mass is 16.2. The van der Waals surface area contributed by atoms with Gasteiger partial charge in [-0.2, -0.15) is 0 Å². The molecule has 1 aliphatic rings. The van der Waals surface area contributed by atoms with E-state index in [0.717, 1.165) is 4.90 Å². The number of imide groups is 1. The molecule has 1 atom stereocenters. The average Bonchev–Trinajstić information content (AvgIpc) is 2.43. The van der Waals surface area contributed by atoms with Crippen LogP contribution in [0.1, 0.15) is 27.2 Å². The highest BCUT2D eigenvalue weighted by Gasteiger charge is 2.46. The van der Waals surface area contributed by atoms with Crippen LogP contribution >= 0.6 is 0 Å². The molecule has 0 bridgehead atoms. The Balaban J connectivity index is 2.72. The lowest BCUT2D eigenvalue weighted by Crippen LogP contribution is -2.44. The Morgan fingerprint density at radius 3 is 2.50 bits per heavy atom. The van der Waals surface area contributed by atoms with Gasteiger partial charge >= 0.3 is 6.03 Å². The zero-order valence-electron chi connectivity index (χ0n) is 9.79. The second kappa shape index (κ2) is 4.51. The van der Waals surface area contributed by atoms with Gasteiger partial charge in [0.1, 0.15) is 12.1 Å². The van der Waals surface area contributed by atoms with E-state index in [0.29, 0.717) is 13.0 Å². The maximum atomic E-state index is 11.9. The van der Waals surface area contributed by atoms with Crippen molar-refractivity contribution in [1.82, 2.24) is 15.5 Å². The largest absolute Gasteiger partial charge is 0.355 e. The number of carbonyl (C=O) groups is 3. The summed E-state index contributed by atoms with van der Waals surface area (Å²) in [4.78, 5) is 35.6. The number of urea groups is 1. The monoisotopic (exact) mass is 227 g/mol. The Morgan fingerprint density at radius 1 is 1.44 bits per heavy atom. The molecule has 90 valence electrons. The van der Waals surface area contributed by atoms with Crippen molar-refractivity contribution in [2.75, 3.05) is 13.1 Å². The predicted octanol–water partition coefficient (Wildman–Crippen LogP) is -0.157. The van der Waals surface area contributed by atoms with E-state index in [9.17, 15) is 14.4 Å². The smallest absolute Gasteiger partial charge is 0.325 e. The number of rotatable bonds is 4. The van der Waals surface area contributed by atoms with E-state index in [1.807, 2.05) is 6.92 Å². The van der Waals surface area contributed by atoms with Crippen LogP contribution in [0.4, 0.5) is 4.79 Å². The maximum absolute atomic E-state index is 11.9. The molecule has 1 aliphatic heterocycles. The summed E-state index contributed by atoms with van der Waals surface area (Å²) in [6.45, 7) is 5.51. The van der Waals surface area contributed by atoms with E-state index in [4.69, 9.17) is 0 Å². The van der Waals surface area contributed by atoms with E-state index < -0.39 is 11.6 Å². The molecule has 4 amide bonds. The lowest BCUT2D eigenvalue weighted by molar-refractivity contribution is -0.134. The SMILES string of the molecule is CCNC(=O)CN1C(=O)N[C@](C)(CC)C1=O. The summed E-state index contributed by atoms with van der Waals surface area (Å²) >= 11 is 0. The fourth-order valence-corrected chi connectivity index (χ4v) is 1.53. The van der Waals surface area contributed by atoms with Gasteiger partial charge in [-0.15, -0.1) is 0 Å².